The SMILES string of the molecule is O=[N+]([O-])c1ccc(CNc2ccc(OC(F)F)c(Cl)c2)s1. The van der Waals surface area contributed by atoms with Crippen molar-refractivity contribution < 1.29 is 18.4 Å². The summed E-state index contributed by atoms with van der Waals surface area (Å²) in [6.07, 6.45) is 0. The first-order valence-corrected chi connectivity index (χ1v) is 6.86. The van der Waals surface area contributed by atoms with E-state index in [-0.39, 0.29) is 15.8 Å². The van der Waals surface area contributed by atoms with Crippen molar-refractivity contribution in [1.82, 2.24) is 0 Å². The zero-order chi connectivity index (χ0) is 15.4. The van der Waals surface area contributed by atoms with Gasteiger partial charge in [-0.05, 0) is 24.3 Å². The van der Waals surface area contributed by atoms with Crippen LogP contribution in [0.25, 0.3) is 0 Å². The zero-order valence-electron chi connectivity index (χ0n) is 10.4. The van der Waals surface area contributed by atoms with Crippen molar-refractivity contribution >= 4 is 33.6 Å². The molecule has 1 aromatic heterocycles. The molecule has 0 radical (unpaired) electrons. The number of rotatable bonds is 6. The quantitative estimate of drug-likeness (QED) is 0.623. The zero-order valence-corrected chi connectivity index (χ0v) is 12.0. The van der Waals surface area contributed by atoms with E-state index in [9.17, 15) is 18.9 Å². The van der Waals surface area contributed by atoms with E-state index >= 15 is 0 Å². The first-order valence-electron chi connectivity index (χ1n) is 5.67. The van der Waals surface area contributed by atoms with Crippen LogP contribution >= 0.6 is 22.9 Å². The molecule has 2 aromatic rings. The Hall–Kier alpha value is -1.93. The molecule has 0 aliphatic rings. The third-order valence-electron chi connectivity index (χ3n) is 2.44. The third-order valence-corrected chi connectivity index (χ3v) is 3.77. The molecule has 0 aliphatic carbocycles. The van der Waals surface area contributed by atoms with Gasteiger partial charge >= 0.3 is 11.6 Å². The maximum atomic E-state index is 12.1. The van der Waals surface area contributed by atoms with Crippen molar-refractivity contribution in [2.45, 2.75) is 13.2 Å². The van der Waals surface area contributed by atoms with Crippen molar-refractivity contribution in [3.05, 3.63) is 50.3 Å². The van der Waals surface area contributed by atoms with Crippen LogP contribution in [0.1, 0.15) is 4.88 Å². The molecular weight excluding hydrogens is 326 g/mol. The average Bonchev–Trinajstić information content (AvgIpc) is 2.88. The van der Waals surface area contributed by atoms with Gasteiger partial charge in [0.2, 0.25) is 0 Å². The molecule has 0 atom stereocenters. The Morgan fingerprint density at radius 3 is 2.71 bits per heavy atom. The van der Waals surface area contributed by atoms with Gasteiger partial charge in [0.25, 0.3) is 0 Å². The van der Waals surface area contributed by atoms with Gasteiger partial charge in [-0.3, -0.25) is 10.1 Å². The Kier molecular flexibility index (Phi) is 4.92. The number of nitrogens with one attached hydrogen (secondary N) is 1. The summed E-state index contributed by atoms with van der Waals surface area (Å²) in [4.78, 5) is 10.9. The van der Waals surface area contributed by atoms with E-state index in [1.807, 2.05) is 0 Å². The predicted octanol–water partition coefficient (Wildman–Crippen LogP) is 4.52. The molecule has 1 aromatic carbocycles. The summed E-state index contributed by atoms with van der Waals surface area (Å²) < 4.78 is 28.4. The second kappa shape index (κ2) is 6.68. The Bertz CT molecular complexity index is 651. The van der Waals surface area contributed by atoms with Crippen LogP contribution in [0.4, 0.5) is 19.5 Å². The van der Waals surface area contributed by atoms with Crippen LogP contribution < -0.4 is 10.1 Å². The molecule has 2 rings (SSSR count). The van der Waals surface area contributed by atoms with Crippen molar-refractivity contribution in [2.75, 3.05) is 5.32 Å². The molecule has 0 amide bonds. The minimum Gasteiger partial charge on any atom is -0.433 e. The molecule has 112 valence electrons. The van der Waals surface area contributed by atoms with Crippen LogP contribution in [0.5, 0.6) is 5.75 Å². The van der Waals surface area contributed by atoms with E-state index < -0.39 is 11.5 Å². The summed E-state index contributed by atoms with van der Waals surface area (Å²) in [5.74, 6) is -0.107. The fraction of sp³-hybridized carbons (Fsp3) is 0.167. The lowest BCUT2D eigenvalue weighted by atomic mass is 10.3. The Balaban J connectivity index is 1.99. The molecule has 0 saturated carbocycles. The van der Waals surface area contributed by atoms with Crippen molar-refractivity contribution in [3.8, 4) is 5.75 Å². The highest BCUT2D eigenvalue weighted by Crippen LogP contribution is 2.30. The number of nitrogens with zero attached hydrogens (tertiary/aromatic N) is 1. The van der Waals surface area contributed by atoms with Gasteiger partial charge in [-0.2, -0.15) is 8.78 Å². The Morgan fingerprint density at radius 2 is 2.14 bits per heavy atom. The topological polar surface area (TPSA) is 64.4 Å². The van der Waals surface area contributed by atoms with Gasteiger partial charge in [-0.15, -0.1) is 0 Å². The first kappa shape index (κ1) is 15.5. The molecule has 1 N–H and O–H groups in total. The van der Waals surface area contributed by atoms with Crippen molar-refractivity contribution in [1.29, 1.82) is 0 Å². The van der Waals surface area contributed by atoms with Gasteiger partial charge in [0.05, 0.1) is 9.95 Å². The second-order valence-corrected chi connectivity index (χ2v) is 5.43. The molecule has 0 saturated heterocycles. The molecule has 5 nitrogen and oxygen atoms in total. The summed E-state index contributed by atoms with van der Waals surface area (Å²) in [6.45, 7) is -2.57. The summed E-state index contributed by atoms with van der Waals surface area (Å²) in [5, 5.41) is 13.7. The van der Waals surface area contributed by atoms with Crippen LogP contribution in [0.15, 0.2) is 30.3 Å². The standard InChI is InChI=1S/C12H9ClF2N2O3S/c13-9-5-7(1-3-10(9)20-12(14)15)16-6-8-2-4-11(21-8)17(18)19/h1-5,12,16H,6H2. The fourth-order valence-corrected chi connectivity index (χ4v) is 2.54. The molecule has 9 heteroatoms. The maximum absolute atomic E-state index is 12.1. The summed E-state index contributed by atoms with van der Waals surface area (Å²) in [6, 6.07) is 7.38. The molecule has 1 heterocycles. The smallest absolute Gasteiger partial charge is 0.387 e. The van der Waals surface area contributed by atoms with E-state index in [0.29, 0.717) is 12.2 Å². The van der Waals surface area contributed by atoms with Crippen LogP contribution in [0.2, 0.25) is 5.02 Å². The highest BCUT2D eigenvalue weighted by molar-refractivity contribution is 7.15. The lowest BCUT2D eigenvalue weighted by Crippen LogP contribution is -2.03. The molecule has 0 spiro atoms. The molecule has 0 bridgehead atoms. The van der Waals surface area contributed by atoms with Gasteiger partial charge < -0.3 is 10.1 Å². The number of halogens is 3. The number of thiophene rings is 1. The fourth-order valence-electron chi connectivity index (χ4n) is 1.55. The number of hydrogen-bond acceptors (Lipinski definition) is 5. The predicted molar refractivity (Wildman–Crippen MR) is 76.4 cm³/mol. The van der Waals surface area contributed by atoms with Crippen LogP contribution in [-0.2, 0) is 6.54 Å². The number of anilines is 1. The number of alkyl halides is 2. The van der Waals surface area contributed by atoms with Crippen LogP contribution in [-0.4, -0.2) is 11.5 Å². The largest absolute Gasteiger partial charge is 0.433 e. The molecular formula is C12H9ClF2N2O3S. The Morgan fingerprint density at radius 1 is 1.38 bits per heavy atom. The second-order valence-electron chi connectivity index (χ2n) is 3.87. The molecule has 0 aliphatic heterocycles. The van der Waals surface area contributed by atoms with Gasteiger partial charge in [-0.1, -0.05) is 22.9 Å². The van der Waals surface area contributed by atoms with Gasteiger partial charge in [0.15, 0.2) is 0 Å². The minimum atomic E-state index is -2.94. The summed E-state index contributed by atoms with van der Waals surface area (Å²) >= 11 is 6.87. The normalized spacial score (nSPS) is 10.7. The van der Waals surface area contributed by atoms with Crippen molar-refractivity contribution in [2.24, 2.45) is 0 Å². The monoisotopic (exact) mass is 334 g/mol. The Labute approximate surface area is 127 Å². The number of hydrogen-bond donors (Lipinski definition) is 1. The first-order chi connectivity index (χ1) is 9.95. The highest BCUT2D eigenvalue weighted by Gasteiger charge is 2.11. The van der Waals surface area contributed by atoms with E-state index in [2.05, 4.69) is 10.1 Å². The van der Waals surface area contributed by atoms with Gasteiger partial charge in [0, 0.05) is 23.2 Å². The lowest BCUT2D eigenvalue weighted by Gasteiger charge is -2.09. The number of nitro groups is 1. The highest BCUT2D eigenvalue weighted by atomic mass is 35.5. The summed E-state index contributed by atoms with van der Waals surface area (Å²) in [7, 11) is 0. The van der Waals surface area contributed by atoms with Crippen molar-refractivity contribution in [3.63, 3.8) is 0 Å². The number of benzene rings is 1. The number of ether oxygens (including phenoxy) is 1. The molecule has 21 heavy (non-hydrogen) atoms. The molecule has 0 fully saturated rings. The van der Waals surface area contributed by atoms with E-state index in [1.54, 1.807) is 6.07 Å². The van der Waals surface area contributed by atoms with Crippen LogP contribution in [0, 0.1) is 10.1 Å². The minimum absolute atomic E-state index is 0.0532. The van der Waals surface area contributed by atoms with Gasteiger partial charge in [0.1, 0.15) is 5.75 Å². The van der Waals surface area contributed by atoms with E-state index in [1.165, 1.54) is 24.3 Å². The summed E-state index contributed by atoms with van der Waals surface area (Å²) in [5.41, 5.74) is 0.595. The molecule has 0 unspecified atom stereocenters. The average molecular weight is 335 g/mol. The lowest BCUT2D eigenvalue weighted by molar-refractivity contribution is -0.380. The maximum Gasteiger partial charge on any atom is 0.387 e. The van der Waals surface area contributed by atoms with Crippen LogP contribution in [0.3, 0.4) is 0 Å². The third kappa shape index (κ3) is 4.27. The van der Waals surface area contributed by atoms with E-state index in [0.717, 1.165) is 16.2 Å². The van der Waals surface area contributed by atoms with E-state index in [4.69, 9.17) is 11.6 Å². The van der Waals surface area contributed by atoms with Gasteiger partial charge in [-0.25, -0.2) is 0 Å².